The van der Waals surface area contributed by atoms with Crippen molar-refractivity contribution in [3.05, 3.63) is 39.9 Å². The Labute approximate surface area is 87.0 Å². The van der Waals surface area contributed by atoms with Gasteiger partial charge >= 0.3 is 0 Å². The number of hydrogen-bond donors (Lipinski definition) is 0. The number of aldehydes is 1. The molecule has 0 aliphatic carbocycles. The molecule has 1 aromatic rings. The van der Waals surface area contributed by atoms with Gasteiger partial charge < -0.3 is 4.79 Å². The zero-order valence-electron chi connectivity index (χ0n) is 6.84. The third-order valence-electron chi connectivity index (χ3n) is 1.49. The van der Waals surface area contributed by atoms with E-state index < -0.39 is 0 Å². The Kier molecular flexibility index (Phi) is 4.00. The second kappa shape index (κ2) is 5.05. The highest BCUT2D eigenvalue weighted by Gasteiger charge is 1.96. The fourth-order valence-corrected chi connectivity index (χ4v) is 1.36. The van der Waals surface area contributed by atoms with E-state index in [-0.39, 0.29) is 0 Å². The number of rotatable bonds is 3. The number of carbonyl (C=O) groups excluding carboxylic acids is 1. The predicted octanol–water partition coefficient (Wildman–Crippen LogP) is 3.60. The molecule has 0 saturated carbocycles. The van der Waals surface area contributed by atoms with Crippen molar-refractivity contribution in [2.45, 2.75) is 6.42 Å². The predicted molar refractivity (Wildman–Crippen MR) is 56.2 cm³/mol. The minimum Gasteiger partial charge on any atom is -0.303 e. The molecule has 0 amide bonds. The van der Waals surface area contributed by atoms with Crippen LogP contribution in [0.25, 0.3) is 6.08 Å². The molecule has 0 unspecified atom stereocenters. The molecule has 0 aliphatic rings. The van der Waals surface area contributed by atoms with Crippen LogP contribution in [0.2, 0.25) is 10.0 Å². The fourth-order valence-electron chi connectivity index (χ4n) is 0.887. The number of carbonyl (C=O) groups is 1. The zero-order chi connectivity index (χ0) is 9.68. The van der Waals surface area contributed by atoms with Gasteiger partial charge in [0.05, 0.1) is 0 Å². The van der Waals surface area contributed by atoms with Crippen molar-refractivity contribution in [2.75, 3.05) is 0 Å². The molecule has 0 fully saturated rings. The van der Waals surface area contributed by atoms with Crippen LogP contribution in [0.4, 0.5) is 0 Å². The smallest absolute Gasteiger partial charge is 0.123 e. The number of allylic oxidation sites excluding steroid dienone is 1. The van der Waals surface area contributed by atoms with Gasteiger partial charge in [-0.15, -0.1) is 0 Å². The summed E-state index contributed by atoms with van der Waals surface area (Å²) in [7, 11) is 0. The van der Waals surface area contributed by atoms with E-state index in [0.29, 0.717) is 16.5 Å². The number of benzene rings is 1. The maximum absolute atomic E-state index is 10.0. The number of halogens is 2. The molecule has 0 saturated heterocycles. The van der Waals surface area contributed by atoms with Crippen LogP contribution < -0.4 is 0 Å². The third-order valence-corrected chi connectivity index (χ3v) is 2.05. The Morgan fingerprint density at radius 2 is 2.08 bits per heavy atom. The van der Waals surface area contributed by atoms with Crippen LogP contribution in [0, 0.1) is 0 Å². The Hall–Kier alpha value is -0.790. The van der Waals surface area contributed by atoms with Crippen molar-refractivity contribution >= 4 is 35.6 Å². The Morgan fingerprint density at radius 1 is 1.31 bits per heavy atom. The standard InChI is InChI=1S/C10H8Cl2O/c11-9-5-4-8(10(12)7-9)3-1-2-6-13/h1,3-7H,2H2/b3-1+. The molecule has 3 heteroatoms. The lowest BCUT2D eigenvalue weighted by Gasteiger charge is -1.97. The first kappa shape index (κ1) is 10.3. The summed E-state index contributed by atoms with van der Waals surface area (Å²) in [6.45, 7) is 0. The highest BCUT2D eigenvalue weighted by Crippen LogP contribution is 2.21. The monoisotopic (exact) mass is 214 g/mol. The Balaban J connectivity index is 2.83. The molecule has 1 nitrogen and oxygen atoms in total. The second-order valence-electron chi connectivity index (χ2n) is 2.47. The van der Waals surface area contributed by atoms with Gasteiger partial charge in [-0.05, 0) is 17.7 Å². The molecule has 68 valence electrons. The molecule has 0 N–H and O–H groups in total. The average Bonchev–Trinajstić information content (AvgIpc) is 2.09. The van der Waals surface area contributed by atoms with Gasteiger partial charge in [0.25, 0.3) is 0 Å². The van der Waals surface area contributed by atoms with Crippen molar-refractivity contribution in [1.82, 2.24) is 0 Å². The fraction of sp³-hybridized carbons (Fsp3) is 0.100. The van der Waals surface area contributed by atoms with Crippen molar-refractivity contribution in [2.24, 2.45) is 0 Å². The summed E-state index contributed by atoms with van der Waals surface area (Å²) in [5.41, 5.74) is 0.868. The van der Waals surface area contributed by atoms with E-state index in [9.17, 15) is 4.79 Å². The van der Waals surface area contributed by atoms with Crippen molar-refractivity contribution < 1.29 is 4.79 Å². The summed E-state index contributed by atoms with van der Waals surface area (Å²) >= 11 is 11.6. The molecule has 0 heterocycles. The zero-order valence-corrected chi connectivity index (χ0v) is 8.35. The van der Waals surface area contributed by atoms with Gasteiger partial charge in [0.2, 0.25) is 0 Å². The summed E-state index contributed by atoms with van der Waals surface area (Å²) in [6.07, 6.45) is 4.79. The summed E-state index contributed by atoms with van der Waals surface area (Å²) < 4.78 is 0. The van der Waals surface area contributed by atoms with Crippen molar-refractivity contribution in [3.8, 4) is 0 Å². The molecule has 1 aromatic carbocycles. The molecule has 0 radical (unpaired) electrons. The van der Waals surface area contributed by atoms with Gasteiger partial charge in [-0.1, -0.05) is 41.4 Å². The molecule has 0 atom stereocenters. The van der Waals surface area contributed by atoms with E-state index in [1.54, 1.807) is 24.3 Å². The number of hydrogen-bond acceptors (Lipinski definition) is 1. The molecule has 1 rings (SSSR count). The van der Waals surface area contributed by atoms with Crippen LogP contribution in [0.1, 0.15) is 12.0 Å². The SMILES string of the molecule is O=CC/C=C/c1ccc(Cl)cc1Cl. The van der Waals surface area contributed by atoms with Crippen LogP contribution >= 0.6 is 23.2 Å². The summed E-state index contributed by atoms with van der Waals surface area (Å²) in [6, 6.07) is 5.24. The molecular weight excluding hydrogens is 207 g/mol. The Morgan fingerprint density at radius 3 is 2.69 bits per heavy atom. The lowest BCUT2D eigenvalue weighted by Crippen LogP contribution is -1.75. The van der Waals surface area contributed by atoms with Crippen molar-refractivity contribution in [3.63, 3.8) is 0 Å². The van der Waals surface area contributed by atoms with Crippen molar-refractivity contribution in [1.29, 1.82) is 0 Å². The molecule has 0 bridgehead atoms. The Bertz CT molecular complexity index is 332. The molecule has 0 aliphatic heterocycles. The summed E-state index contributed by atoms with van der Waals surface area (Å²) in [5, 5.41) is 1.20. The third kappa shape index (κ3) is 3.21. The first-order valence-electron chi connectivity index (χ1n) is 3.79. The minimum atomic E-state index is 0.402. The largest absolute Gasteiger partial charge is 0.303 e. The van der Waals surface area contributed by atoms with E-state index in [1.807, 2.05) is 6.07 Å². The van der Waals surface area contributed by atoms with Crippen LogP contribution in [-0.2, 0) is 4.79 Å². The van der Waals surface area contributed by atoms with Gasteiger partial charge in [-0.3, -0.25) is 0 Å². The van der Waals surface area contributed by atoms with Crippen LogP contribution in [-0.4, -0.2) is 6.29 Å². The van der Waals surface area contributed by atoms with E-state index in [0.717, 1.165) is 11.8 Å². The average molecular weight is 215 g/mol. The van der Waals surface area contributed by atoms with E-state index in [4.69, 9.17) is 23.2 Å². The van der Waals surface area contributed by atoms with Crippen LogP contribution in [0.5, 0.6) is 0 Å². The van der Waals surface area contributed by atoms with E-state index in [2.05, 4.69) is 0 Å². The molecule has 0 spiro atoms. The van der Waals surface area contributed by atoms with E-state index >= 15 is 0 Å². The summed E-state index contributed by atoms with van der Waals surface area (Å²) in [5.74, 6) is 0. The van der Waals surface area contributed by atoms with Gasteiger partial charge in [0.1, 0.15) is 6.29 Å². The minimum absolute atomic E-state index is 0.402. The second-order valence-corrected chi connectivity index (χ2v) is 3.31. The molecular formula is C10H8Cl2O. The topological polar surface area (TPSA) is 17.1 Å². The first-order chi connectivity index (χ1) is 6.24. The highest BCUT2D eigenvalue weighted by atomic mass is 35.5. The van der Waals surface area contributed by atoms with Crippen LogP contribution in [0.3, 0.4) is 0 Å². The lowest BCUT2D eigenvalue weighted by molar-refractivity contribution is -0.107. The van der Waals surface area contributed by atoms with Crippen LogP contribution in [0.15, 0.2) is 24.3 Å². The van der Waals surface area contributed by atoms with Gasteiger partial charge in [-0.2, -0.15) is 0 Å². The quantitative estimate of drug-likeness (QED) is 0.704. The van der Waals surface area contributed by atoms with E-state index in [1.165, 1.54) is 0 Å². The van der Waals surface area contributed by atoms with Gasteiger partial charge in [0, 0.05) is 16.5 Å². The maximum atomic E-state index is 10.0. The highest BCUT2D eigenvalue weighted by molar-refractivity contribution is 6.35. The summed E-state index contributed by atoms with van der Waals surface area (Å²) in [4.78, 5) is 10.0. The normalized spacial score (nSPS) is 10.6. The van der Waals surface area contributed by atoms with Gasteiger partial charge in [0.15, 0.2) is 0 Å². The van der Waals surface area contributed by atoms with Gasteiger partial charge in [-0.25, -0.2) is 0 Å². The molecule has 0 aromatic heterocycles. The first-order valence-corrected chi connectivity index (χ1v) is 4.55. The molecule has 13 heavy (non-hydrogen) atoms. The lowest BCUT2D eigenvalue weighted by atomic mass is 10.2. The maximum Gasteiger partial charge on any atom is 0.123 e.